The molecule has 0 aromatic heterocycles. The molecule has 1 atom stereocenters. The third-order valence-corrected chi connectivity index (χ3v) is 13.3. The highest BCUT2D eigenvalue weighted by molar-refractivity contribution is 7.16. The summed E-state index contributed by atoms with van der Waals surface area (Å²) < 4.78 is 0. The molecule has 0 fully saturated rings. The Morgan fingerprint density at radius 3 is 1.35 bits per heavy atom. The molecule has 1 heteroatoms. The first kappa shape index (κ1) is 27.4. The van der Waals surface area contributed by atoms with E-state index in [-0.39, 0.29) is 0 Å². The Hall–Kier alpha value is -2.64. The Morgan fingerprint density at radius 1 is 0.595 bits per heavy atom. The fraction of sp³-hybridized carbons (Fsp3) is 0.389. The van der Waals surface area contributed by atoms with E-state index in [9.17, 15) is 0 Å². The molecule has 37 heavy (non-hydrogen) atoms. The molecule has 0 saturated carbocycles. The van der Waals surface area contributed by atoms with E-state index in [1.54, 1.807) is 10.8 Å². The van der Waals surface area contributed by atoms with Crippen LogP contribution in [0.1, 0.15) is 103 Å². The van der Waals surface area contributed by atoms with Crippen molar-refractivity contribution in [1.82, 2.24) is 0 Å². The Morgan fingerprint density at radius 2 is 1.00 bits per heavy atom. The maximum absolute atomic E-state index is 2.58. The number of benzene rings is 3. The zero-order valence-corrected chi connectivity index (χ0v) is 25.3. The standard InChI is InChI=1S/C36H46Si/c1-9-28(8)35-20-13-21-36(35)37(32-17-10-14-29(22-32)25(2)3,33-18-11-15-30(23-33)26(4)5)34-19-12-16-31(24-34)27(6)7/h10-12,14-28H,9,13H2,1-8H3. The van der Waals surface area contributed by atoms with Gasteiger partial charge in [0.25, 0.3) is 0 Å². The Kier molecular flexibility index (Phi) is 8.44. The van der Waals surface area contributed by atoms with Gasteiger partial charge >= 0.3 is 0 Å². The van der Waals surface area contributed by atoms with Crippen LogP contribution in [0.2, 0.25) is 0 Å². The third-order valence-electron chi connectivity index (χ3n) is 8.48. The van der Waals surface area contributed by atoms with E-state index >= 15 is 0 Å². The van der Waals surface area contributed by atoms with E-state index < -0.39 is 8.07 Å². The van der Waals surface area contributed by atoms with Crippen molar-refractivity contribution in [1.29, 1.82) is 0 Å². The SMILES string of the molecule is CCC(C)C1=CCC=C1[Si](c1cccc(C(C)C)c1)(c1cccc(C(C)C)c1)c1cccc(C(C)C)c1. The van der Waals surface area contributed by atoms with Crippen LogP contribution in [0.3, 0.4) is 0 Å². The van der Waals surface area contributed by atoms with E-state index in [2.05, 4.69) is 140 Å². The number of hydrogen-bond acceptors (Lipinski definition) is 0. The molecule has 0 nitrogen and oxygen atoms in total. The minimum atomic E-state index is -2.57. The van der Waals surface area contributed by atoms with Crippen LogP contribution in [0.5, 0.6) is 0 Å². The molecular formula is C36H46Si. The minimum Gasteiger partial charge on any atom is -0.0801 e. The molecule has 0 bridgehead atoms. The summed E-state index contributed by atoms with van der Waals surface area (Å²) in [7, 11) is -2.57. The molecule has 0 spiro atoms. The van der Waals surface area contributed by atoms with Crippen LogP contribution < -0.4 is 15.6 Å². The lowest BCUT2D eigenvalue weighted by Crippen LogP contribution is -2.69. The first-order valence-electron chi connectivity index (χ1n) is 14.4. The van der Waals surface area contributed by atoms with Gasteiger partial charge in [0.15, 0.2) is 8.07 Å². The average molecular weight is 507 g/mol. The lowest BCUT2D eigenvalue weighted by atomic mass is 10.00. The summed E-state index contributed by atoms with van der Waals surface area (Å²) in [5.41, 5.74) is 5.88. The second kappa shape index (κ2) is 11.4. The molecule has 0 aliphatic heterocycles. The highest BCUT2D eigenvalue weighted by Gasteiger charge is 2.46. The van der Waals surface area contributed by atoms with Gasteiger partial charge in [-0.2, -0.15) is 0 Å². The van der Waals surface area contributed by atoms with Crippen LogP contribution in [0.15, 0.2) is 95.7 Å². The van der Waals surface area contributed by atoms with E-state index in [4.69, 9.17) is 0 Å². The van der Waals surface area contributed by atoms with Gasteiger partial charge in [0.1, 0.15) is 0 Å². The molecule has 0 N–H and O–H groups in total. The van der Waals surface area contributed by atoms with Crippen molar-refractivity contribution >= 4 is 23.6 Å². The molecule has 0 heterocycles. The Balaban J connectivity index is 2.17. The smallest absolute Gasteiger partial charge is 0.0801 e. The van der Waals surface area contributed by atoms with Gasteiger partial charge in [-0.05, 0) is 79.5 Å². The second-order valence-corrected chi connectivity index (χ2v) is 15.7. The van der Waals surface area contributed by atoms with Gasteiger partial charge in [-0.1, -0.05) is 140 Å². The topological polar surface area (TPSA) is 0 Å². The predicted octanol–water partition coefficient (Wildman–Crippen LogP) is 8.37. The molecular weight excluding hydrogens is 460 g/mol. The zero-order chi connectivity index (χ0) is 26.7. The maximum Gasteiger partial charge on any atom is 0.179 e. The summed E-state index contributed by atoms with van der Waals surface area (Å²) in [5.74, 6) is 2.05. The van der Waals surface area contributed by atoms with Gasteiger partial charge in [0.2, 0.25) is 0 Å². The van der Waals surface area contributed by atoms with Crippen molar-refractivity contribution in [3.05, 3.63) is 112 Å². The molecule has 1 aliphatic rings. The van der Waals surface area contributed by atoms with Gasteiger partial charge in [-0.25, -0.2) is 0 Å². The summed E-state index contributed by atoms with van der Waals surface area (Å²) in [5, 5.41) is 6.16. The summed E-state index contributed by atoms with van der Waals surface area (Å²) in [6.07, 6.45) is 7.31. The van der Waals surface area contributed by atoms with Crippen molar-refractivity contribution in [2.75, 3.05) is 0 Å². The fourth-order valence-electron chi connectivity index (χ4n) is 5.95. The third kappa shape index (κ3) is 5.21. The van der Waals surface area contributed by atoms with E-state index in [1.165, 1.54) is 32.3 Å². The van der Waals surface area contributed by atoms with E-state index in [1.807, 2.05) is 0 Å². The van der Waals surface area contributed by atoms with E-state index in [0.29, 0.717) is 23.7 Å². The lowest BCUT2D eigenvalue weighted by molar-refractivity contribution is 0.668. The highest BCUT2D eigenvalue weighted by Crippen LogP contribution is 2.35. The fourth-order valence-corrected chi connectivity index (χ4v) is 11.3. The molecule has 1 unspecified atom stereocenters. The molecule has 0 amide bonds. The monoisotopic (exact) mass is 506 g/mol. The van der Waals surface area contributed by atoms with Crippen molar-refractivity contribution in [3.63, 3.8) is 0 Å². The summed E-state index contributed by atoms with van der Waals surface area (Å²) in [6, 6.07) is 28.9. The van der Waals surface area contributed by atoms with Crippen LogP contribution in [0.4, 0.5) is 0 Å². The average Bonchev–Trinajstić information content (AvgIpc) is 3.39. The first-order valence-corrected chi connectivity index (χ1v) is 16.4. The normalized spacial score (nSPS) is 14.9. The van der Waals surface area contributed by atoms with Crippen molar-refractivity contribution in [2.45, 2.75) is 86.0 Å². The van der Waals surface area contributed by atoms with Gasteiger partial charge in [0.05, 0.1) is 0 Å². The Bertz CT molecular complexity index is 1160. The molecule has 4 rings (SSSR count). The van der Waals surface area contributed by atoms with Gasteiger partial charge < -0.3 is 0 Å². The summed E-state index contributed by atoms with van der Waals surface area (Å²) in [6.45, 7) is 18.7. The minimum absolute atomic E-state index is 0.498. The maximum atomic E-state index is 2.58. The molecule has 3 aromatic rings. The summed E-state index contributed by atoms with van der Waals surface area (Å²) in [4.78, 5) is 0. The van der Waals surface area contributed by atoms with Crippen molar-refractivity contribution in [3.8, 4) is 0 Å². The van der Waals surface area contributed by atoms with Crippen molar-refractivity contribution in [2.24, 2.45) is 5.92 Å². The van der Waals surface area contributed by atoms with Gasteiger partial charge in [-0.3, -0.25) is 0 Å². The number of allylic oxidation sites excluding steroid dienone is 4. The Labute approximate surface area is 227 Å². The van der Waals surface area contributed by atoms with Crippen LogP contribution >= 0.6 is 0 Å². The van der Waals surface area contributed by atoms with Crippen LogP contribution in [0, 0.1) is 5.92 Å². The first-order chi connectivity index (χ1) is 17.7. The summed E-state index contributed by atoms with van der Waals surface area (Å²) >= 11 is 0. The molecule has 0 radical (unpaired) electrons. The lowest BCUT2D eigenvalue weighted by Gasteiger charge is -2.38. The number of hydrogen-bond donors (Lipinski definition) is 0. The quantitative estimate of drug-likeness (QED) is 0.202. The highest BCUT2D eigenvalue weighted by atomic mass is 28.3. The van der Waals surface area contributed by atoms with Crippen LogP contribution in [0.25, 0.3) is 0 Å². The zero-order valence-electron chi connectivity index (χ0n) is 24.3. The van der Waals surface area contributed by atoms with Crippen LogP contribution in [-0.4, -0.2) is 8.07 Å². The predicted molar refractivity (Wildman–Crippen MR) is 166 cm³/mol. The molecule has 0 saturated heterocycles. The van der Waals surface area contributed by atoms with E-state index in [0.717, 1.165) is 12.8 Å². The second-order valence-electron chi connectivity index (χ2n) is 11.9. The van der Waals surface area contributed by atoms with Gasteiger partial charge in [0, 0.05) is 0 Å². The molecule has 194 valence electrons. The van der Waals surface area contributed by atoms with Gasteiger partial charge in [-0.15, -0.1) is 0 Å². The van der Waals surface area contributed by atoms with Crippen molar-refractivity contribution < 1.29 is 0 Å². The van der Waals surface area contributed by atoms with Crippen LogP contribution in [-0.2, 0) is 0 Å². The number of rotatable bonds is 9. The molecule has 3 aromatic carbocycles. The molecule has 1 aliphatic carbocycles. The largest absolute Gasteiger partial charge is 0.179 e.